The summed E-state index contributed by atoms with van der Waals surface area (Å²) in [4.78, 5) is 0. The maximum absolute atomic E-state index is 5.39. The number of hydrogen-bond acceptors (Lipinski definition) is 2. The van der Waals surface area contributed by atoms with Crippen molar-refractivity contribution >= 4 is 0 Å². The number of hydrogen-bond donors (Lipinski definition) is 1. The molecule has 2 nitrogen and oxygen atoms in total. The Bertz CT molecular complexity index is 112. The van der Waals surface area contributed by atoms with E-state index in [0.717, 1.165) is 31.2 Å². The third-order valence-electron chi connectivity index (χ3n) is 2.63. The minimum absolute atomic E-state index is 0.719. The molecule has 58 valence electrons. The number of fused-ring (bicyclic) bond motifs is 1. The smallest absolute Gasteiger partial charge is 0.0509 e. The Balaban J connectivity index is 1.97. The Kier molecular flexibility index (Phi) is 1.66. The van der Waals surface area contributed by atoms with Crippen LogP contribution in [-0.2, 0) is 4.74 Å². The van der Waals surface area contributed by atoms with Crippen molar-refractivity contribution in [1.82, 2.24) is 5.32 Å². The zero-order valence-corrected chi connectivity index (χ0v) is 6.47. The fraction of sp³-hybridized carbons (Fsp3) is 1.00. The molecule has 0 aliphatic carbocycles. The van der Waals surface area contributed by atoms with E-state index < -0.39 is 0 Å². The van der Waals surface area contributed by atoms with Crippen LogP contribution in [0.2, 0.25) is 0 Å². The predicted octanol–water partition coefficient (Wildman–Crippen LogP) is 0.773. The van der Waals surface area contributed by atoms with E-state index in [-0.39, 0.29) is 0 Å². The molecule has 0 saturated carbocycles. The average molecular weight is 141 g/mol. The molecule has 2 heteroatoms. The van der Waals surface area contributed by atoms with Crippen LogP contribution in [-0.4, -0.2) is 25.3 Å². The number of nitrogens with one attached hydrogen (secondary N) is 1. The van der Waals surface area contributed by atoms with Crippen molar-refractivity contribution in [3.8, 4) is 0 Å². The zero-order valence-electron chi connectivity index (χ0n) is 6.47. The van der Waals surface area contributed by atoms with Gasteiger partial charge >= 0.3 is 0 Å². The lowest BCUT2D eigenvalue weighted by Crippen LogP contribution is -2.36. The van der Waals surface area contributed by atoms with E-state index in [2.05, 4.69) is 12.2 Å². The van der Waals surface area contributed by atoms with E-state index in [9.17, 15) is 0 Å². The molecule has 0 amide bonds. The summed E-state index contributed by atoms with van der Waals surface area (Å²) >= 11 is 0. The van der Waals surface area contributed by atoms with E-state index in [0.29, 0.717) is 0 Å². The Morgan fingerprint density at radius 2 is 2.40 bits per heavy atom. The van der Waals surface area contributed by atoms with Gasteiger partial charge in [0, 0.05) is 18.7 Å². The molecule has 0 aromatic carbocycles. The third-order valence-corrected chi connectivity index (χ3v) is 2.63. The van der Waals surface area contributed by atoms with Gasteiger partial charge in [0.05, 0.1) is 6.61 Å². The molecule has 2 heterocycles. The quantitative estimate of drug-likeness (QED) is 0.538. The van der Waals surface area contributed by atoms with Crippen LogP contribution in [0.1, 0.15) is 19.8 Å². The summed E-state index contributed by atoms with van der Waals surface area (Å²) in [5.74, 6) is 0.809. The van der Waals surface area contributed by atoms with E-state index >= 15 is 0 Å². The number of rotatable bonds is 0. The highest BCUT2D eigenvalue weighted by Gasteiger charge is 2.33. The molecule has 2 fully saturated rings. The normalized spacial score (nSPS) is 47.1. The van der Waals surface area contributed by atoms with Gasteiger partial charge in [-0.3, -0.25) is 0 Å². The molecule has 2 rings (SSSR count). The van der Waals surface area contributed by atoms with Crippen LogP contribution in [0.5, 0.6) is 0 Å². The van der Waals surface area contributed by atoms with E-state index in [1.807, 2.05) is 0 Å². The van der Waals surface area contributed by atoms with Crippen molar-refractivity contribution in [2.45, 2.75) is 31.8 Å². The molecule has 0 bridgehead atoms. The first kappa shape index (κ1) is 6.62. The van der Waals surface area contributed by atoms with Crippen molar-refractivity contribution in [3.63, 3.8) is 0 Å². The largest absolute Gasteiger partial charge is 0.381 e. The summed E-state index contributed by atoms with van der Waals surface area (Å²) in [6.07, 6.45) is 2.53. The van der Waals surface area contributed by atoms with Gasteiger partial charge in [-0.05, 0) is 25.7 Å². The topological polar surface area (TPSA) is 21.3 Å². The summed E-state index contributed by atoms with van der Waals surface area (Å²) in [6, 6.07) is 1.49. The first-order chi connectivity index (χ1) is 4.86. The first-order valence-corrected chi connectivity index (χ1v) is 4.20. The fourth-order valence-electron chi connectivity index (χ4n) is 2.14. The minimum Gasteiger partial charge on any atom is -0.381 e. The van der Waals surface area contributed by atoms with Crippen molar-refractivity contribution in [2.24, 2.45) is 5.92 Å². The molecule has 0 aromatic rings. The second kappa shape index (κ2) is 2.51. The van der Waals surface area contributed by atoms with Crippen molar-refractivity contribution < 1.29 is 4.74 Å². The lowest BCUT2D eigenvalue weighted by molar-refractivity contribution is 0.0478. The summed E-state index contributed by atoms with van der Waals surface area (Å²) < 4.78 is 5.39. The van der Waals surface area contributed by atoms with Crippen LogP contribution >= 0.6 is 0 Å². The Labute approximate surface area is 61.9 Å². The average Bonchev–Trinajstić information content (AvgIpc) is 2.27. The van der Waals surface area contributed by atoms with Crippen LogP contribution < -0.4 is 5.32 Å². The van der Waals surface area contributed by atoms with Crippen LogP contribution in [0.25, 0.3) is 0 Å². The number of ether oxygens (including phenoxy) is 1. The Morgan fingerprint density at radius 1 is 1.50 bits per heavy atom. The molecular weight excluding hydrogens is 126 g/mol. The van der Waals surface area contributed by atoms with Crippen LogP contribution in [0.4, 0.5) is 0 Å². The second-order valence-electron chi connectivity index (χ2n) is 3.53. The van der Waals surface area contributed by atoms with Gasteiger partial charge < -0.3 is 10.1 Å². The first-order valence-electron chi connectivity index (χ1n) is 4.20. The highest BCUT2D eigenvalue weighted by atomic mass is 16.5. The summed E-state index contributed by atoms with van der Waals surface area (Å²) in [6.45, 7) is 4.21. The van der Waals surface area contributed by atoms with Gasteiger partial charge in [-0.1, -0.05) is 0 Å². The fourth-order valence-corrected chi connectivity index (χ4v) is 2.14. The van der Waals surface area contributed by atoms with Crippen molar-refractivity contribution in [2.75, 3.05) is 13.2 Å². The highest BCUT2D eigenvalue weighted by Crippen LogP contribution is 2.25. The molecule has 0 spiro atoms. The van der Waals surface area contributed by atoms with E-state index in [1.54, 1.807) is 0 Å². The standard InChI is InChI=1S/C8H15NO/c1-6-4-7-5-10-3-2-8(7)9-6/h6-9H,2-5H2,1H3. The molecule has 1 N–H and O–H groups in total. The van der Waals surface area contributed by atoms with E-state index in [4.69, 9.17) is 4.74 Å². The van der Waals surface area contributed by atoms with Crippen LogP contribution in [0, 0.1) is 5.92 Å². The molecule has 2 aliphatic rings. The van der Waals surface area contributed by atoms with Gasteiger partial charge in [-0.15, -0.1) is 0 Å². The Hall–Kier alpha value is -0.0800. The van der Waals surface area contributed by atoms with Gasteiger partial charge in [0.2, 0.25) is 0 Å². The summed E-state index contributed by atoms with van der Waals surface area (Å²) in [7, 11) is 0. The Morgan fingerprint density at radius 3 is 3.20 bits per heavy atom. The highest BCUT2D eigenvalue weighted by molar-refractivity contribution is 4.90. The van der Waals surface area contributed by atoms with Gasteiger partial charge in [0.15, 0.2) is 0 Å². The zero-order chi connectivity index (χ0) is 6.97. The maximum atomic E-state index is 5.39. The lowest BCUT2D eigenvalue weighted by atomic mass is 9.96. The lowest BCUT2D eigenvalue weighted by Gasteiger charge is -2.24. The van der Waals surface area contributed by atoms with E-state index in [1.165, 1.54) is 12.8 Å². The van der Waals surface area contributed by atoms with Gasteiger partial charge in [0.1, 0.15) is 0 Å². The maximum Gasteiger partial charge on any atom is 0.0509 e. The molecule has 3 unspecified atom stereocenters. The molecule has 2 aliphatic heterocycles. The van der Waals surface area contributed by atoms with Crippen LogP contribution in [0.15, 0.2) is 0 Å². The van der Waals surface area contributed by atoms with Crippen molar-refractivity contribution in [1.29, 1.82) is 0 Å². The molecule has 10 heavy (non-hydrogen) atoms. The third kappa shape index (κ3) is 1.06. The molecule has 2 saturated heterocycles. The minimum atomic E-state index is 0.719. The summed E-state index contributed by atoms with van der Waals surface area (Å²) in [5.41, 5.74) is 0. The molecule has 3 atom stereocenters. The van der Waals surface area contributed by atoms with Gasteiger partial charge in [-0.25, -0.2) is 0 Å². The van der Waals surface area contributed by atoms with Crippen LogP contribution in [0.3, 0.4) is 0 Å². The molecule has 0 aromatic heterocycles. The SMILES string of the molecule is CC1CC2COCCC2N1. The van der Waals surface area contributed by atoms with Gasteiger partial charge in [0.25, 0.3) is 0 Å². The summed E-state index contributed by atoms with van der Waals surface area (Å²) in [5, 5.41) is 3.58. The van der Waals surface area contributed by atoms with Crippen molar-refractivity contribution in [3.05, 3.63) is 0 Å². The monoisotopic (exact) mass is 141 g/mol. The van der Waals surface area contributed by atoms with Gasteiger partial charge in [-0.2, -0.15) is 0 Å². The predicted molar refractivity (Wildman–Crippen MR) is 39.9 cm³/mol. The molecular formula is C8H15NO. The molecule has 0 radical (unpaired) electrons. The second-order valence-corrected chi connectivity index (χ2v) is 3.53.